The predicted octanol–water partition coefficient (Wildman–Crippen LogP) is 4.05. The van der Waals surface area contributed by atoms with Gasteiger partial charge in [-0.25, -0.2) is 0 Å². The zero-order chi connectivity index (χ0) is 19.1. The number of hydrogen-bond acceptors (Lipinski definition) is 4. The number of benzene rings is 3. The molecule has 4 rings (SSSR count). The van der Waals surface area contributed by atoms with Gasteiger partial charge in [0, 0.05) is 27.6 Å². The van der Waals surface area contributed by atoms with Gasteiger partial charge < -0.3 is 9.47 Å². The summed E-state index contributed by atoms with van der Waals surface area (Å²) in [5.41, 5.74) is 3.36. The molecule has 0 aromatic heterocycles. The van der Waals surface area contributed by atoms with Gasteiger partial charge in [-0.2, -0.15) is 0 Å². The normalized spacial score (nSPS) is 12.7. The Kier molecular flexibility index (Phi) is 3.92. The average molecular weight is 359 g/mol. The highest BCUT2D eigenvalue weighted by Crippen LogP contribution is 2.42. The Bertz CT molecular complexity index is 1130. The first-order valence-electron chi connectivity index (χ1n) is 8.39. The summed E-state index contributed by atoms with van der Waals surface area (Å²) in [6, 6.07) is 12.9. The van der Waals surface area contributed by atoms with Crippen molar-refractivity contribution in [3.8, 4) is 22.6 Å². The highest BCUT2D eigenvalue weighted by atomic mass is 16.5. The quantitative estimate of drug-likeness (QED) is 0.714. The molecule has 0 atom stereocenters. The van der Waals surface area contributed by atoms with E-state index in [1.807, 2.05) is 24.3 Å². The highest BCUT2D eigenvalue weighted by molar-refractivity contribution is 6.26. The van der Waals surface area contributed by atoms with E-state index in [0.717, 1.165) is 22.1 Å². The van der Waals surface area contributed by atoms with Gasteiger partial charge in [0.2, 0.25) is 0 Å². The van der Waals surface area contributed by atoms with Crippen LogP contribution in [-0.2, 0) is 0 Å². The maximum Gasteiger partial charge on any atom is 0.258 e. The minimum atomic E-state index is -0.404. The highest BCUT2D eigenvalue weighted by Gasteiger charge is 2.26. The maximum absolute atomic E-state index is 12.4. The Morgan fingerprint density at radius 3 is 2.33 bits per heavy atom. The van der Waals surface area contributed by atoms with Crippen LogP contribution in [0.3, 0.4) is 0 Å². The molecule has 0 aliphatic carbocycles. The molecule has 0 saturated heterocycles. The van der Waals surface area contributed by atoms with Crippen LogP contribution in [-0.4, -0.2) is 26.0 Å². The third-order valence-corrected chi connectivity index (χ3v) is 4.77. The molecule has 0 radical (unpaired) electrons. The van der Waals surface area contributed by atoms with E-state index in [0.29, 0.717) is 28.0 Å². The second-order valence-corrected chi connectivity index (χ2v) is 6.18. The van der Waals surface area contributed by atoms with Crippen molar-refractivity contribution in [3.63, 3.8) is 0 Å². The van der Waals surface area contributed by atoms with E-state index in [1.165, 1.54) is 0 Å². The van der Waals surface area contributed by atoms with E-state index in [9.17, 15) is 9.59 Å². The minimum Gasteiger partial charge on any atom is -0.492 e. The molecule has 1 aliphatic rings. The van der Waals surface area contributed by atoms with Crippen LogP contribution >= 0.6 is 0 Å². The number of amides is 2. The van der Waals surface area contributed by atoms with Gasteiger partial charge in [0.05, 0.1) is 14.2 Å². The molecule has 3 aromatic rings. The smallest absolute Gasteiger partial charge is 0.258 e. The SMILES string of the molecule is C=Cc1ccc(-c2cc3c4c(cccc4c2)C(=O)NC3=O)c(OC)c1OC. The van der Waals surface area contributed by atoms with Gasteiger partial charge in [0.1, 0.15) is 0 Å². The summed E-state index contributed by atoms with van der Waals surface area (Å²) in [4.78, 5) is 24.6. The van der Waals surface area contributed by atoms with E-state index in [2.05, 4.69) is 11.9 Å². The molecule has 27 heavy (non-hydrogen) atoms. The van der Waals surface area contributed by atoms with Gasteiger partial charge >= 0.3 is 0 Å². The second-order valence-electron chi connectivity index (χ2n) is 6.18. The summed E-state index contributed by atoms with van der Waals surface area (Å²) >= 11 is 0. The third kappa shape index (κ3) is 2.47. The zero-order valence-corrected chi connectivity index (χ0v) is 15.0. The standard InChI is InChI=1S/C22H17NO4/c1-4-12-8-9-15(20(27-3)19(12)26-2)14-10-13-6-5-7-16-18(13)17(11-14)22(25)23-21(16)24/h4-11H,1H2,2-3H3,(H,23,24,25). The molecule has 1 heterocycles. The van der Waals surface area contributed by atoms with Crippen LogP contribution in [0.4, 0.5) is 0 Å². The molecule has 0 bridgehead atoms. The Balaban J connectivity index is 2.04. The Hall–Kier alpha value is -3.60. The zero-order valence-electron chi connectivity index (χ0n) is 15.0. The monoisotopic (exact) mass is 359 g/mol. The minimum absolute atomic E-state index is 0.375. The van der Waals surface area contributed by atoms with Gasteiger partial charge in [0.25, 0.3) is 11.8 Å². The molecule has 5 heteroatoms. The van der Waals surface area contributed by atoms with Crippen molar-refractivity contribution in [2.24, 2.45) is 0 Å². The molecular formula is C22H17NO4. The van der Waals surface area contributed by atoms with Crippen LogP contribution in [0.5, 0.6) is 11.5 Å². The lowest BCUT2D eigenvalue weighted by Crippen LogP contribution is -2.34. The van der Waals surface area contributed by atoms with Crippen LogP contribution in [0.15, 0.2) is 49.0 Å². The number of carbonyl (C=O) groups excluding carboxylic acids is 2. The molecule has 0 saturated carbocycles. The topological polar surface area (TPSA) is 64.6 Å². The summed E-state index contributed by atoms with van der Waals surface area (Å²) in [5, 5.41) is 3.88. The second kappa shape index (κ2) is 6.29. The molecule has 1 aliphatic heterocycles. The molecule has 2 amide bonds. The number of nitrogens with one attached hydrogen (secondary N) is 1. The van der Waals surface area contributed by atoms with E-state index in [-0.39, 0.29) is 5.91 Å². The Morgan fingerprint density at radius 1 is 0.889 bits per heavy atom. The lowest BCUT2D eigenvalue weighted by molar-refractivity contribution is 0.0845. The van der Waals surface area contributed by atoms with Gasteiger partial charge in [-0.05, 0) is 35.2 Å². The van der Waals surface area contributed by atoms with E-state index >= 15 is 0 Å². The first-order chi connectivity index (χ1) is 13.1. The fourth-order valence-electron chi connectivity index (χ4n) is 3.57. The molecule has 134 valence electrons. The summed E-state index contributed by atoms with van der Waals surface area (Å²) in [7, 11) is 3.15. The number of imide groups is 1. The van der Waals surface area contributed by atoms with Gasteiger partial charge in [-0.15, -0.1) is 0 Å². The van der Waals surface area contributed by atoms with Crippen molar-refractivity contribution in [1.82, 2.24) is 5.32 Å². The number of carbonyl (C=O) groups is 2. The Labute approximate surface area is 156 Å². The molecule has 1 N–H and O–H groups in total. The van der Waals surface area contributed by atoms with E-state index in [4.69, 9.17) is 9.47 Å². The number of rotatable bonds is 4. The number of ether oxygens (including phenoxy) is 2. The maximum atomic E-state index is 12.4. The van der Waals surface area contributed by atoms with E-state index in [1.54, 1.807) is 38.5 Å². The first kappa shape index (κ1) is 16.8. The largest absolute Gasteiger partial charge is 0.492 e. The summed E-state index contributed by atoms with van der Waals surface area (Å²) < 4.78 is 11.1. The summed E-state index contributed by atoms with van der Waals surface area (Å²) in [6.45, 7) is 3.80. The van der Waals surface area contributed by atoms with Crippen LogP contribution in [0, 0.1) is 0 Å². The molecule has 5 nitrogen and oxygen atoms in total. The van der Waals surface area contributed by atoms with Crippen molar-refractivity contribution < 1.29 is 19.1 Å². The summed E-state index contributed by atoms with van der Waals surface area (Å²) in [6.07, 6.45) is 1.70. The van der Waals surface area contributed by atoms with Crippen LogP contribution < -0.4 is 14.8 Å². The number of methoxy groups -OCH3 is 2. The molecule has 0 unspecified atom stereocenters. The Morgan fingerprint density at radius 2 is 1.63 bits per heavy atom. The number of hydrogen-bond donors (Lipinski definition) is 1. The van der Waals surface area contributed by atoms with Crippen molar-refractivity contribution in [3.05, 3.63) is 65.7 Å². The van der Waals surface area contributed by atoms with Crippen molar-refractivity contribution in [1.29, 1.82) is 0 Å². The van der Waals surface area contributed by atoms with Crippen molar-refractivity contribution in [2.45, 2.75) is 0 Å². The van der Waals surface area contributed by atoms with Crippen molar-refractivity contribution >= 4 is 28.7 Å². The molecule has 0 fully saturated rings. The van der Waals surface area contributed by atoms with Gasteiger partial charge in [-0.1, -0.05) is 30.9 Å². The van der Waals surface area contributed by atoms with Crippen molar-refractivity contribution in [2.75, 3.05) is 14.2 Å². The van der Waals surface area contributed by atoms with Gasteiger partial charge in [-0.3, -0.25) is 14.9 Å². The van der Waals surface area contributed by atoms with Crippen LogP contribution in [0.2, 0.25) is 0 Å². The third-order valence-electron chi connectivity index (χ3n) is 4.77. The fourth-order valence-corrected chi connectivity index (χ4v) is 3.57. The molecule has 0 spiro atoms. The fraction of sp³-hybridized carbons (Fsp3) is 0.0909. The molecule has 3 aromatic carbocycles. The lowest BCUT2D eigenvalue weighted by Gasteiger charge is -2.19. The van der Waals surface area contributed by atoms with Crippen LogP contribution in [0.1, 0.15) is 26.3 Å². The van der Waals surface area contributed by atoms with E-state index < -0.39 is 5.91 Å². The summed E-state index contributed by atoms with van der Waals surface area (Å²) in [5.74, 6) is 0.358. The molecular weight excluding hydrogens is 342 g/mol. The van der Waals surface area contributed by atoms with Crippen LogP contribution in [0.25, 0.3) is 28.0 Å². The lowest BCUT2D eigenvalue weighted by atomic mass is 9.90. The predicted molar refractivity (Wildman–Crippen MR) is 104 cm³/mol. The average Bonchev–Trinajstić information content (AvgIpc) is 2.70. The first-order valence-corrected chi connectivity index (χ1v) is 8.39. The van der Waals surface area contributed by atoms with Gasteiger partial charge in [0.15, 0.2) is 11.5 Å².